The Morgan fingerprint density at radius 3 is 2.49 bits per heavy atom. The van der Waals surface area contributed by atoms with Crippen molar-refractivity contribution in [2.75, 3.05) is 7.11 Å². The number of aliphatic imine (C=N–C) groups is 1. The number of methoxy groups -OCH3 is 1. The third-order valence-corrected chi connectivity index (χ3v) is 7.97. The van der Waals surface area contributed by atoms with Gasteiger partial charge in [-0.2, -0.15) is 10.1 Å². The lowest BCUT2D eigenvalue weighted by molar-refractivity contribution is -0.113. The van der Waals surface area contributed by atoms with Crippen LogP contribution in [0, 0.1) is 0 Å². The Morgan fingerprint density at radius 1 is 0.973 bits per heavy atom. The van der Waals surface area contributed by atoms with Crippen LogP contribution < -0.4 is 4.74 Å². The summed E-state index contributed by atoms with van der Waals surface area (Å²) in [5.41, 5.74) is 4.07. The van der Waals surface area contributed by atoms with Crippen molar-refractivity contribution in [3.63, 3.8) is 0 Å². The Hall–Kier alpha value is -3.68. The molecular formula is C30H22BrN3O2S. The van der Waals surface area contributed by atoms with Crippen LogP contribution in [0.25, 0.3) is 16.8 Å². The number of thioether (sulfide) groups is 1. The molecule has 2 heterocycles. The number of carbonyl (C=O) groups excluding carboxylic acids is 1. The fraction of sp³-hybridized carbons (Fsp3) is 0.100. The normalized spacial score (nSPS) is 18.4. The molecule has 0 spiro atoms. The van der Waals surface area contributed by atoms with E-state index in [1.54, 1.807) is 7.11 Å². The van der Waals surface area contributed by atoms with Gasteiger partial charge in [0.25, 0.3) is 5.91 Å². The molecule has 0 fully saturated rings. The molecule has 7 heteroatoms. The molecule has 2 aliphatic heterocycles. The average molecular weight is 568 g/mol. The van der Waals surface area contributed by atoms with Crippen molar-refractivity contribution in [3.05, 3.63) is 117 Å². The largest absolute Gasteiger partial charge is 0.497 e. The van der Waals surface area contributed by atoms with E-state index in [1.807, 2.05) is 59.6 Å². The highest BCUT2D eigenvalue weighted by Gasteiger charge is 2.36. The van der Waals surface area contributed by atoms with Gasteiger partial charge < -0.3 is 4.74 Å². The number of hydrogen-bond acceptors (Lipinski definition) is 5. The number of amides is 1. The zero-order chi connectivity index (χ0) is 25.4. The van der Waals surface area contributed by atoms with E-state index in [2.05, 4.69) is 63.4 Å². The first kappa shape index (κ1) is 23.7. The van der Waals surface area contributed by atoms with Gasteiger partial charge in [0.15, 0.2) is 5.17 Å². The highest BCUT2D eigenvalue weighted by molar-refractivity contribution is 9.10. The summed E-state index contributed by atoms with van der Waals surface area (Å²) in [7, 11) is 1.66. The molecule has 182 valence electrons. The molecule has 0 bridgehead atoms. The molecule has 0 radical (unpaired) electrons. The van der Waals surface area contributed by atoms with Crippen LogP contribution in [-0.4, -0.2) is 28.9 Å². The van der Waals surface area contributed by atoms with E-state index < -0.39 is 0 Å². The van der Waals surface area contributed by atoms with Crippen molar-refractivity contribution in [2.24, 2.45) is 10.1 Å². The van der Waals surface area contributed by atoms with E-state index in [9.17, 15) is 4.79 Å². The molecular weight excluding hydrogens is 546 g/mol. The first-order chi connectivity index (χ1) is 18.1. The van der Waals surface area contributed by atoms with Crippen molar-refractivity contribution in [3.8, 4) is 5.75 Å². The van der Waals surface area contributed by atoms with Gasteiger partial charge in [0.2, 0.25) is 0 Å². The number of amidine groups is 1. The lowest BCUT2D eigenvalue weighted by atomic mass is 9.97. The zero-order valence-electron chi connectivity index (χ0n) is 20.0. The second-order valence-corrected chi connectivity index (χ2v) is 10.7. The Bertz CT molecular complexity index is 1590. The fourth-order valence-corrected chi connectivity index (χ4v) is 5.70. The Balaban J connectivity index is 1.35. The maximum atomic E-state index is 12.9. The predicted molar refractivity (Wildman–Crippen MR) is 155 cm³/mol. The van der Waals surface area contributed by atoms with Crippen LogP contribution in [0.5, 0.6) is 5.75 Å². The summed E-state index contributed by atoms with van der Waals surface area (Å²) >= 11 is 4.82. The second kappa shape index (κ2) is 10.00. The molecule has 2 aliphatic rings. The SMILES string of the molecule is COc1ccc(C2CC(c3ccc4ccccc4c3)=NN2C2=NC(=O)/C(=C/c3ccc(Br)cc3)S2)cc1. The lowest BCUT2D eigenvalue weighted by Gasteiger charge is -2.22. The molecule has 1 unspecified atom stereocenters. The van der Waals surface area contributed by atoms with Gasteiger partial charge >= 0.3 is 0 Å². The third-order valence-electron chi connectivity index (χ3n) is 6.47. The van der Waals surface area contributed by atoms with Crippen LogP contribution in [0.2, 0.25) is 0 Å². The molecule has 0 aliphatic carbocycles. The third kappa shape index (κ3) is 4.84. The molecule has 4 aromatic carbocycles. The minimum atomic E-state index is -0.245. The van der Waals surface area contributed by atoms with Gasteiger partial charge in [0.1, 0.15) is 5.75 Å². The zero-order valence-corrected chi connectivity index (χ0v) is 22.4. The standard InChI is InChI=1S/C30H22BrN3O2S/c1-36-25-14-10-21(11-15-25)27-18-26(23-9-8-20-4-2-3-5-22(20)17-23)33-34(27)30-32-29(35)28(37-30)16-19-6-12-24(31)13-7-19/h2-17,27H,18H2,1H3/b28-16-. The molecule has 5 nitrogen and oxygen atoms in total. The molecule has 1 amide bonds. The van der Waals surface area contributed by atoms with E-state index in [0.29, 0.717) is 16.5 Å². The second-order valence-electron chi connectivity index (χ2n) is 8.81. The Morgan fingerprint density at radius 2 is 1.73 bits per heavy atom. The maximum Gasteiger partial charge on any atom is 0.286 e. The van der Waals surface area contributed by atoms with Crippen LogP contribution in [0.4, 0.5) is 0 Å². The number of nitrogens with zero attached hydrogens (tertiary/aromatic N) is 3. The highest BCUT2D eigenvalue weighted by atomic mass is 79.9. The van der Waals surface area contributed by atoms with Crippen molar-refractivity contribution in [1.29, 1.82) is 0 Å². The van der Waals surface area contributed by atoms with E-state index in [0.717, 1.165) is 32.6 Å². The maximum absolute atomic E-state index is 12.9. The Kier molecular flexibility index (Phi) is 6.40. The number of fused-ring (bicyclic) bond motifs is 1. The number of rotatable bonds is 4. The van der Waals surface area contributed by atoms with E-state index in [1.165, 1.54) is 22.5 Å². The Labute approximate surface area is 227 Å². The van der Waals surface area contributed by atoms with Gasteiger partial charge in [-0.15, -0.1) is 0 Å². The number of hydrogen-bond donors (Lipinski definition) is 0. The summed E-state index contributed by atoms with van der Waals surface area (Å²) in [4.78, 5) is 17.9. The molecule has 37 heavy (non-hydrogen) atoms. The molecule has 4 aromatic rings. The number of halogens is 1. The van der Waals surface area contributed by atoms with Crippen LogP contribution in [0.1, 0.15) is 29.2 Å². The summed E-state index contributed by atoms with van der Waals surface area (Å²) < 4.78 is 6.35. The van der Waals surface area contributed by atoms with Gasteiger partial charge in [-0.25, -0.2) is 5.01 Å². The van der Waals surface area contributed by atoms with Crippen molar-refractivity contribution < 1.29 is 9.53 Å². The first-order valence-corrected chi connectivity index (χ1v) is 13.5. The van der Waals surface area contributed by atoms with Gasteiger partial charge in [0, 0.05) is 10.9 Å². The van der Waals surface area contributed by atoms with Crippen molar-refractivity contribution in [1.82, 2.24) is 5.01 Å². The number of benzene rings is 4. The van der Waals surface area contributed by atoms with Crippen LogP contribution in [0.15, 0.2) is 110 Å². The summed E-state index contributed by atoms with van der Waals surface area (Å²) in [5, 5.41) is 9.87. The average Bonchev–Trinajstić information content (AvgIpc) is 3.53. The van der Waals surface area contributed by atoms with Crippen molar-refractivity contribution >= 4 is 61.3 Å². The monoisotopic (exact) mass is 567 g/mol. The lowest BCUT2D eigenvalue weighted by Crippen LogP contribution is -2.23. The highest BCUT2D eigenvalue weighted by Crippen LogP contribution is 2.40. The van der Waals surface area contributed by atoms with Gasteiger partial charge in [-0.3, -0.25) is 4.79 Å². The topological polar surface area (TPSA) is 54.3 Å². The van der Waals surface area contributed by atoms with Crippen LogP contribution in [0.3, 0.4) is 0 Å². The molecule has 0 aromatic heterocycles. The van der Waals surface area contributed by atoms with Gasteiger partial charge in [0.05, 0.1) is 23.8 Å². The molecule has 1 atom stereocenters. The predicted octanol–water partition coefficient (Wildman–Crippen LogP) is 7.43. The van der Waals surface area contributed by atoms with Crippen LogP contribution in [-0.2, 0) is 4.79 Å². The summed E-state index contributed by atoms with van der Waals surface area (Å²) in [6, 6.07) is 30.5. The summed E-state index contributed by atoms with van der Waals surface area (Å²) in [6.07, 6.45) is 2.58. The van der Waals surface area contributed by atoms with E-state index in [-0.39, 0.29) is 11.9 Å². The van der Waals surface area contributed by atoms with Gasteiger partial charge in [-0.05, 0) is 75.6 Å². The first-order valence-electron chi connectivity index (χ1n) is 11.9. The molecule has 0 saturated carbocycles. The fourth-order valence-electron chi connectivity index (χ4n) is 4.52. The molecule has 0 N–H and O–H groups in total. The minimum absolute atomic E-state index is 0.0848. The molecule has 0 saturated heterocycles. The number of ether oxygens (including phenoxy) is 1. The molecule has 6 rings (SSSR count). The summed E-state index contributed by atoms with van der Waals surface area (Å²) in [6.45, 7) is 0. The van der Waals surface area contributed by atoms with Crippen LogP contribution >= 0.6 is 27.7 Å². The summed E-state index contributed by atoms with van der Waals surface area (Å²) in [5.74, 6) is 0.553. The number of carbonyl (C=O) groups is 1. The minimum Gasteiger partial charge on any atom is -0.497 e. The number of hydrazone groups is 1. The van der Waals surface area contributed by atoms with Gasteiger partial charge in [-0.1, -0.05) is 76.6 Å². The van der Waals surface area contributed by atoms with Crippen molar-refractivity contribution in [2.45, 2.75) is 12.5 Å². The van der Waals surface area contributed by atoms with E-state index in [4.69, 9.17) is 9.84 Å². The van der Waals surface area contributed by atoms with E-state index >= 15 is 0 Å². The smallest absolute Gasteiger partial charge is 0.286 e. The quantitative estimate of drug-likeness (QED) is 0.240.